The van der Waals surface area contributed by atoms with Gasteiger partial charge in [-0.2, -0.15) is 0 Å². The zero-order valence-electron chi connectivity index (χ0n) is 9.95. The zero-order valence-corrected chi connectivity index (χ0v) is 9.95. The first-order valence-electron chi connectivity index (χ1n) is 5.73. The predicted octanol–water partition coefficient (Wildman–Crippen LogP) is 2.34. The Morgan fingerprint density at radius 2 is 1.79 bits per heavy atom. The fourth-order valence-electron chi connectivity index (χ4n) is 2.05. The number of amides is 1. The van der Waals surface area contributed by atoms with Crippen LogP contribution in [0.15, 0.2) is 48.5 Å². The number of hydrogen-bond donors (Lipinski definition) is 2. The first-order valence-corrected chi connectivity index (χ1v) is 5.73. The van der Waals surface area contributed by atoms with Gasteiger partial charge in [-0.05, 0) is 36.4 Å². The molecule has 3 aromatic rings. The van der Waals surface area contributed by atoms with Crippen molar-refractivity contribution in [1.82, 2.24) is 9.55 Å². The van der Waals surface area contributed by atoms with Crippen molar-refractivity contribution < 1.29 is 9.90 Å². The molecule has 94 valence electrons. The summed E-state index contributed by atoms with van der Waals surface area (Å²) in [7, 11) is 0. The van der Waals surface area contributed by atoms with Gasteiger partial charge >= 0.3 is 6.03 Å². The van der Waals surface area contributed by atoms with E-state index in [1.165, 1.54) is 4.57 Å². The Morgan fingerprint density at radius 3 is 2.47 bits per heavy atom. The Bertz CT molecular complexity index is 760. The van der Waals surface area contributed by atoms with Gasteiger partial charge in [-0.1, -0.05) is 12.1 Å². The third kappa shape index (κ3) is 1.81. The molecule has 3 rings (SSSR count). The largest absolute Gasteiger partial charge is 0.508 e. The molecule has 0 fully saturated rings. The average Bonchev–Trinajstić information content (AvgIpc) is 2.78. The molecule has 0 spiro atoms. The summed E-state index contributed by atoms with van der Waals surface area (Å²) in [5.41, 5.74) is 7.51. The lowest BCUT2D eigenvalue weighted by molar-refractivity contribution is 0.251. The van der Waals surface area contributed by atoms with E-state index in [1.807, 2.05) is 18.2 Å². The van der Waals surface area contributed by atoms with Crippen molar-refractivity contribution in [2.75, 3.05) is 0 Å². The van der Waals surface area contributed by atoms with Crippen LogP contribution in [0.5, 0.6) is 5.75 Å². The highest BCUT2D eigenvalue weighted by Crippen LogP contribution is 2.25. The molecule has 0 saturated heterocycles. The first-order chi connectivity index (χ1) is 9.16. The number of phenols is 1. The molecule has 1 aromatic heterocycles. The van der Waals surface area contributed by atoms with Crippen LogP contribution in [0.1, 0.15) is 0 Å². The van der Waals surface area contributed by atoms with Gasteiger partial charge in [-0.15, -0.1) is 0 Å². The number of nitrogens with zero attached hydrogens (tertiary/aromatic N) is 2. The van der Waals surface area contributed by atoms with E-state index < -0.39 is 6.03 Å². The van der Waals surface area contributed by atoms with E-state index in [2.05, 4.69) is 4.98 Å². The first kappa shape index (κ1) is 11.3. The van der Waals surface area contributed by atoms with Crippen LogP contribution in [0.25, 0.3) is 22.4 Å². The van der Waals surface area contributed by atoms with Crippen molar-refractivity contribution in [3.63, 3.8) is 0 Å². The molecule has 0 saturated carbocycles. The number of rotatable bonds is 1. The van der Waals surface area contributed by atoms with E-state index in [1.54, 1.807) is 30.3 Å². The van der Waals surface area contributed by atoms with Gasteiger partial charge in [0.05, 0.1) is 11.0 Å². The molecule has 2 aromatic carbocycles. The predicted molar refractivity (Wildman–Crippen MR) is 71.8 cm³/mol. The van der Waals surface area contributed by atoms with E-state index >= 15 is 0 Å². The Kier molecular flexibility index (Phi) is 2.45. The molecular weight excluding hydrogens is 242 g/mol. The summed E-state index contributed by atoms with van der Waals surface area (Å²) in [6.07, 6.45) is 0. The van der Waals surface area contributed by atoms with Gasteiger partial charge in [-0.3, -0.25) is 0 Å². The maximum absolute atomic E-state index is 11.6. The van der Waals surface area contributed by atoms with E-state index in [0.717, 1.165) is 0 Å². The number of benzene rings is 2. The van der Waals surface area contributed by atoms with E-state index in [0.29, 0.717) is 22.4 Å². The minimum Gasteiger partial charge on any atom is -0.508 e. The van der Waals surface area contributed by atoms with Gasteiger partial charge in [0, 0.05) is 5.56 Å². The maximum Gasteiger partial charge on any atom is 0.325 e. The molecule has 5 nitrogen and oxygen atoms in total. The van der Waals surface area contributed by atoms with Crippen molar-refractivity contribution in [2.24, 2.45) is 5.73 Å². The molecule has 19 heavy (non-hydrogen) atoms. The van der Waals surface area contributed by atoms with Crippen molar-refractivity contribution in [1.29, 1.82) is 0 Å². The molecule has 3 N–H and O–H groups in total. The topological polar surface area (TPSA) is 81.1 Å². The lowest BCUT2D eigenvalue weighted by Gasteiger charge is -2.04. The molecule has 0 aliphatic heterocycles. The zero-order chi connectivity index (χ0) is 13.4. The van der Waals surface area contributed by atoms with Crippen molar-refractivity contribution >= 4 is 17.1 Å². The number of carbonyl (C=O) groups is 1. The summed E-state index contributed by atoms with van der Waals surface area (Å²) in [5, 5.41) is 9.30. The summed E-state index contributed by atoms with van der Waals surface area (Å²) in [5.74, 6) is 0.624. The molecule has 5 heteroatoms. The highest BCUT2D eigenvalue weighted by molar-refractivity contribution is 5.93. The second kappa shape index (κ2) is 4.13. The van der Waals surface area contributed by atoms with Crippen LogP contribution in [0, 0.1) is 0 Å². The maximum atomic E-state index is 11.6. The molecule has 0 aliphatic carbocycles. The standard InChI is InChI=1S/C14H11N3O2/c15-14(19)17-12-4-2-1-3-11(12)16-13(17)9-5-7-10(18)8-6-9/h1-8,18H,(H2,15,19). The van der Waals surface area contributed by atoms with E-state index in [9.17, 15) is 9.90 Å². The highest BCUT2D eigenvalue weighted by Gasteiger charge is 2.15. The summed E-state index contributed by atoms with van der Waals surface area (Å²) in [4.78, 5) is 16.0. The Hall–Kier alpha value is -2.82. The lowest BCUT2D eigenvalue weighted by Crippen LogP contribution is -2.20. The number of fused-ring (bicyclic) bond motifs is 1. The Balaban J connectivity index is 2.31. The number of aromatic hydroxyl groups is 1. The Labute approximate surface area is 108 Å². The van der Waals surface area contributed by atoms with Crippen LogP contribution < -0.4 is 5.73 Å². The number of primary amides is 1. The summed E-state index contributed by atoms with van der Waals surface area (Å²) < 4.78 is 1.36. The van der Waals surface area contributed by atoms with Crippen LogP contribution in [0.4, 0.5) is 4.79 Å². The third-order valence-corrected chi connectivity index (χ3v) is 2.91. The number of aromatic nitrogens is 2. The number of phenolic OH excluding ortho intramolecular Hbond substituents is 1. The molecule has 0 unspecified atom stereocenters. The van der Waals surface area contributed by atoms with Gasteiger partial charge in [0.1, 0.15) is 11.6 Å². The van der Waals surface area contributed by atoms with Gasteiger partial charge < -0.3 is 10.8 Å². The quantitative estimate of drug-likeness (QED) is 0.698. The SMILES string of the molecule is NC(=O)n1c(-c2ccc(O)cc2)nc2ccccc21. The summed E-state index contributed by atoms with van der Waals surface area (Å²) in [6, 6.07) is 13.2. The van der Waals surface area contributed by atoms with Crippen LogP contribution in [-0.4, -0.2) is 20.7 Å². The fraction of sp³-hybridized carbons (Fsp3) is 0. The monoisotopic (exact) mass is 253 g/mol. The molecule has 1 heterocycles. The second-order valence-corrected chi connectivity index (χ2v) is 4.14. The number of para-hydroxylation sites is 2. The van der Waals surface area contributed by atoms with E-state index in [-0.39, 0.29) is 5.75 Å². The van der Waals surface area contributed by atoms with Gasteiger partial charge in [0.25, 0.3) is 0 Å². The second-order valence-electron chi connectivity index (χ2n) is 4.14. The molecule has 1 amide bonds. The fourth-order valence-corrected chi connectivity index (χ4v) is 2.05. The van der Waals surface area contributed by atoms with Crippen LogP contribution in [-0.2, 0) is 0 Å². The molecule has 0 radical (unpaired) electrons. The van der Waals surface area contributed by atoms with Gasteiger partial charge in [0.15, 0.2) is 0 Å². The average molecular weight is 253 g/mol. The molecule has 0 atom stereocenters. The summed E-state index contributed by atoms with van der Waals surface area (Å²) >= 11 is 0. The minimum absolute atomic E-state index is 0.158. The van der Waals surface area contributed by atoms with Crippen molar-refractivity contribution in [3.8, 4) is 17.1 Å². The smallest absolute Gasteiger partial charge is 0.325 e. The lowest BCUT2D eigenvalue weighted by atomic mass is 10.2. The molecular formula is C14H11N3O2. The van der Waals surface area contributed by atoms with Gasteiger partial charge in [-0.25, -0.2) is 14.3 Å². The number of nitrogens with two attached hydrogens (primary N) is 1. The van der Waals surface area contributed by atoms with Crippen LogP contribution in [0.2, 0.25) is 0 Å². The summed E-state index contributed by atoms with van der Waals surface area (Å²) in [6.45, 7) is 0. The van der Waals surface area contributed by atoms with Crippen molar-refractivity contribution in [3.05, 3.63) is 48.5 Å². The Morgan fingerprint density at radius 1 is 1.11 bits per heavy atom. The normalized spacial score (nSPS) is 10.7. The molecule has 0 bridgehead atoms. The third-order valence-electron chi connectivity index (χ3n) is 2.91. The number of imidazole rings is 1. The number of carbonyl (C=O) groups excluding carboxylic acids is 1. The minimum atomic E-state index is -0.586. The van der Waals surface area contributed by atoms with Gasteiger partial charge in [0.2, 0.25) is 0 Å². The number of hydrogen-bond acceptors (Lipinski definition) is 3. The van der Waals surface area contributed by atoms with Crippen molar-refractivity contribution in [2.45, 2.75) is 0 Å². The van der Waals surface area contributed by atoms with Crippen LogP contribution >= 0.6 is 0 Å². The molecule has 0 aliphatic rings. The van der Waals surface area contributed by atoms with Crippen LogP contribution in [0.3, 0.4) is 0 Å². The van der Waals surface area contributed by atoms with E-state index in [4.69, 9.17) is 5.73 Å². The highest BCUT2D eigenvalue weighted by atomic mass is 16.3.